The molecule has 0 atom stereocenters. The predicted octanol–water partition coefficient (Wildman–Crippen LogP) is 14.6. The van der Waals surface area contributed by atoms with Crippen LogP contribution in [-0.2, 0) is 0 Å². The SMILES string of the molecule is c1ccc(-c2cc(-c3ccccc3)cc(N(c3ccc4ccc5cc6oc7ccccc7c6cc5c4c3)c3cccc4oc5ccccc5c34)c2)cc1. The lowest BCUT2D eigenvalue weighted by atomic mass is 9.96. The van der Waals surface area contributed by atoms with Crippen LogP contribution in [0, 0.1) is 0 Å². The van der Waals surface area contributed by atoms with Crippen LogP contribution in [0.25, 0.3) is 87.7 Å². The number of nitrogens with zero attached hydrogens (tertiary/aromatic N) is 1. The van der Waals surface area contributed by atoms with Crippen molar-refractivity contribution in [2.45, 2.75) is 0 Å². The molecule has 0 amide bonds. The standard InChI is InChI=1S/C50H31NO2/c1-3-12-32(13-4-1)36-26-37(33-14-5-2-6-15-33)28-39(27-36)51(45-18-11-21-48-50(45)41-17-8-10-20-47(41)52-48)38-25-24-34-22-23-35-29-49-44(31-43(35)42(34)30-38)40-16-7-9-19-46(40)53-49/h1-31H. The number of hydrogen-bond donors (Lipinski definition) is 0. The molecule has 3 heteroatoms. The summed E-state index contributed by atoms with van der Waals surface area (Å²) in [6.07, 6.45) is 0. The molecule has 11 rings (SSSR count). The van der Waals surface area contributed by atoms with E-state index in [9.17, 15) is 0 Å². The van der Waals surface area contributed by atoms with Gasteiger partial charge in [-0.05, 0) is 111 Å². The first kappa shape index (κ1) is 29.6. The van der Waals surface area contributed by atoms with Gasteiger partial charge in [0.25, 0.3) is 0 Å². The van der Waals surface area contributed by atoms with E-state index in [0.29, 0.717) is 0 Å². The van der Waals surface area contributed by atoms with Gasteiger partial charge in [0, 0.05) is 27.5 Å². The molecule has 0 aliphatic carbocycles. The Balaban J connectivity index is 1.22. The molecule has 0 saturated carbocycles. The van der Waals surface area contributed by atoms with Crippen molar-refractivity contribution >= 4 is 82.5 Å². The molecular weight excluding hydrogens is 647 g/mol. The third-order valence-corrected chi connectivity index (χ3v) is 10.6. The highest BCUT2D eigenvalue weighted by Gasteiger charge is 2.22. The first-order chi connectivity index (χ1) is 26.2. The van der Waals surface area contributed by atoms with E-state index < -0.39 is 0 Å². The summed E-state index contributed by atoms with van der Waals surface area (Å²) < 4.78 is 12.8. The van der Waals surface area contributed by atoms with Gasteiger partial charge in [-0.2, -0.15) is 0 Å². The van der Waals surface area contributed by atoms with Crippen LogP contribution < -0.4 is 4.90 Å². The van der Waals surface area contributed by atoms with Crippen molar-refractivity contribution in [2.24, 2.45) is 0 Å². The summed E-state index contributed by atoms with van der Waals surface area (Å²) in [4.78, 5) is 2.41. The molecule has 248 valence electrons. The quantitative estimate of drug-likeness (QED) is 0.170. The normalized spacial score (nSPS) is 11.8. The van der Waals surface area contributed by atoms with Crippen LogP contribution in [0.4, 0.5) is 17.1 Å². The summed E-state index contributed by atoms with van der Waals surface area (Å²) in [6, 6.07) is 67.0. The topological polar surface area (TPSA) is 29.5 Å². The van der Waals surface area contributed by atoms with Gasteiger partial charge in [0.1, 0.15) is 22.3 Å². The number of hydrogen-bond acceptors (Lipinski definition) is 3. The molecule has 0 aliphatic heterocycles. The predicted molar refractivity (Wildman–Crippen MR) is 222 cm³/mol. The molecule has 0 saturated heterocycles. The second kappa shape index (κ2) is 11.7. The minimum absolute atomic E-state index is 0.858. The van der Waals surface area contributed by atoms with E-state index in [1.54, 1.807) is 0 Å². The fourth-order valence-corrected chi connectivity index (χ4v) is 8.10. The van der Waals surface area contributed by atoms with E-state index >= 15 is 0 Å². The molecule has 0 aliphatic rings. The molecule has 53 heavy (non-hydrogen) atoms. The molecular formula is C50H31NO2. The summed E-state index contributed by atoms with van der Waals surface area (Å²) >= 11 is 0. The first-order valence-electron chi connectivity index (χ1n) is 18.0. The summed E-state index contributed by atoms with van der Waals surface area (Å²) in [5.41, 5.74) is 11.3. The van der Waals surface area contributed by atoms with Gasteiger partial charge in [-0.3, -0.25) is 0 Å². The van der Waals surface area contributed by atoms with Gasteiger partial charge in [0.15, 0.2) is 0 Å². The number of fused-ring (bicyclic) bond motifs is 9. The average Bonchev–Trinajstić information content (AvgIpc) is 3.79. The van der Waals surface area contributed by atoms with Crippen LogP contribution in [0.1, 0.15) is 0 Å². The van der Waals surface area contributed by atoms with Crippen molar-refractivity contribution in [3.05, 3.63) is 188 Å². The highest BCUT2D eigenvalue weighted by molar-refractivity contribution is 6.18. The fourth-order valence-electron chi connectivity index (χ4n) is 8.10. The zero-order valence-electron chi connectivity index (χ0n) is 28.7. The second-order valence-electron chi connectivity index (χ2n) is 13.7. The maximum atomic E-state index is 6.46. The lowest BCUT2D eigenvalue weighted by Gasteiger charge is -2.28. The molecule has 0 spiro atoms. The van der Waals surface area contributed by atoms with Gasteiger partial charge in [0.05, 0.1) is 11.1 Å². The first-order valence-corrected chi connectivity index (χ1v) is 18.0. The van der Waals surface area contributed by atoms with Crippen molar-refractivity contribution in [1.29, 1.82) is 0 Å². The summed E-state index contributed by atoms with van der Waals surface area (Å²) in [7, 11) is 0. The Hall–Kier alpha value is -7.10. The number of anilines is 3. The van der Waals surface area contributed by atoms with Crippen molar-refractivity contribution in [3.8, 4) is 22.3 Å². The van der Waals surface area contributed by atoms with Crippen LogP contribution in [0.3, 0.4) is 0 Å². The highest BCUT2D eigenvalue weighted by Crippen LogP contribution is 2.46. The van der Waals surface area contributed by atoms with Gasteiger partial charge in [-0.15, -0.1) is 0 Å². The van der Waals surface area contributed by atoms with Gasteiger partial charge in [-0.25, -0.2) is 0 Å². The number of benzene rings is 9. The zero-order valence-corrected chi connectivity index (χ0v) is 28.7. The minimum atomic E-state index is 0.858. The van der Waals surface area contributed by atoms with Crippen LogP contribution in [0.5, 0.6) is 0 Å². The van der Waals surface area contributed by atoms with Crippen molar-refractivity contribution in [2.75, 3.05) is 4.90 Å². The molecule has 2 aromatic heterocycles. The van der Waals surface area contributed by atoms with Gasteiger partial charge >= 0.3 is 0 Å². The van der Waals surface area contributed by atoms with E-state index in [4.69, 9.17) is 8.83 Å². The van der Waals surface area contributed by atoms with Crippen LogP contribution >= 0.6 is 0 Å². The molecule has 9 aromatic carbocycles. The lowest BCUT2D eigenvalue weighted by molar-refractivity contribution is 0.669. The number of furan rings is 2. The Morgan fingerprint density at radius 2 is 0.887 bits per heavy atom. The van der Waals surface area contributed by atoms with Crippen LogP contribution in [0.15, 0.2) is 197 Å². The van der Waals surface area contributed by atoms with Gasteiger partial charge in [0.2, 0.25) is 0 Å². The molecule has 3 nitrogen and oxygen atoms in total. The van der Waals surface area contributed by atoms with Crippen LogP contribution in [-0.4, -0.2) is 0 Å². The van der Waals surface area contributed by atoms with Crippen molar-refractivity contribution in [1.82, 2.24) is 0 Å². The number of rotatable bonds is 5. The van der Waals surface area contributed by atoms with Crippen LogP contribution in [0.2, 0.25) is 0 Å². The summed E-state index contributed by atoms with van der Waals surface area (Å²) in [5, 5.41) is 9.13. The van der Waals surface area contributed by atoms with E-state index in [1.807, 2.05) is 18.2 Å². The molecule has 0 radical (unpaired) electrons. The third kappa shape index (κ3) is 4.82. The largest absolute Gasteiger partial charge is 0.456 e. The average molecular weight is 678 g/mol. The second-order valence-corrected chi connectivity index (χ2v) is 13.7. The molecule has 0 N–H and O–H groups in total. The summed E-state index contributed by atoms with van der Waals surface area (Å²) in [5.74, 6) is 0. The Labute approximate surface area is 305 Å². The van der Waals surface area contributed by atoms with E-state index in [0.717, 1.165) is 77.5 Å². The Morgan fingerprint density at radius 3 is 1.64 bits per heavy atom. The minimum Gasteiger partial charge on any atom is -0.456 e. The molecule has 11 aromatic rings. The molecule has 0 bridgehead atoms. The Kier molecular flexibility index (Phi) is 6.55. The maximum Gasteiger partial charge on any atom is 0.137 e. The molecule has 0 fully saturated rings. The van der Waals surface area contributed by atoms with E-state index in [1.165, 1.54) is 27.3 Å². The maximum absolute atomic E-state index is 6.46. The van der Waals surface area contributed by atoms with E-state index in [-0.39, 0.29) is 0 Å². The Morgan fingerprint density at radius 1 is 0.302 bits per heavy atom. The van der Waals surface area contributed by atoms with Crippen molar-refractivity contribution in [3.63, 3.8) is 0 Å². The molecule has 0 unspecified atom stereocenters. The lowest BCUT2D eigenvalue weighted by Crippen LogP contribution is -2.11. The Bertz CT molecular complexity index is 3120. The molecule has 2 heterocycles. The van der Waals surface area contributed by atoms with E-state index in [2.05, 4.69) is 175 Å². The third-order valence-electron chi connectivity index (χ3n) is 10.6. The number of para-hydroxylation sites is 2. The monoisotopic (exact) mass is 677 g/mol. The fraction of sp³-hybridized carbons (Fsp3) is 0. The highest BCUT2D eigenvalue weighted by atomic mass is 16.3. The van der Waals surface area contributed by atoms with Gasteiger partial charge < -0.3 is 13.7 Å². The van der Waals surface area contributed by atoms with Crippen molar-refractivity contribution < 1.29 is 8.83 Å². The smallest absolute Gasteiger partial charge is 0.137 e. The zero-order chi connectivity index (χ0) is 34.9. The summed E-state index contributed by atoms with van der Waals surface area (Å²) in [6.45, 7) is 0. The van der Waals surface area contributed by atoms with Gasteiger partial charge in [-0.1, -0.05) is 121 Å².